The predicted molar refractivity (Wildman–Crippen MR) is 75.8 cm³/mol. The van der Waals surface area contributed by atoms with E-state index in [0.717, 1.165) is 12.1 Å². The topological polar surface area (TPSA) is 23.5 Å². The SMILES string of the molecule is CC1SCCN(c2ccccc2[C@@H](C)O)C1C. The van der Waals surface area contributed by atoms with Gasteiger partial charge in [0.1, 0.15) is 0 Å². The second-order valence-corrected chi connectivity index (χ2v) is 6.23. The fourth-order valence-electron chi connectivity index (χ4n) is 2.38. The Kier molecular flexibility index (Phi) is 4.00. The number of benzene rings is 1. The molecule has 1 fully saturated rings. The molecule has 1 heterocycles. The van der Waals surface area contributed by atoms with Crippen LogP contribution in [-0.2, 0) is 0 Å². The van der Waals surface area contributed by atoms with Crippen molar-refractivity contribution < 1.29 is 5.11 Å². The number of nitrogens with zero attached hydrogens (tertiary/aromatic N) is 1. The minimum absolute atomic E-state index is 0.400. The largest absolute Gasteiger partial charge is 0.389 e. The van der Waals surface area contributed by atoms with E-state index >= 15 is 0 Å². The number of para-hydroxylation sites is 1. The standard InChI is InChI=1S/C14H21NOS/c1-10-12(3)17-9-8-15(10)14-7-5-4-6-13(14)11(2)16/h4-7,10-12,16H,8-9H2,1-3H3/t10?,11-,12?/m1/s1. The number of aliphatic hydroxyl groups excluding tert-OH is 1. The Morgan fingerprint density at radius 1 is 1.35 bits per heavy atom. The molecule has 0 radical (unpaired) electrons. The van der Waals surface area contributed by atoms with Gasteiger partial charge in [-0.3, -0.25) is 0 Å². The molecule has 17 heavy (non-hydrogen) atoms. The molecule has 0 aliphatic carbocycles. The zero-order valence-electron chi connectivity index (χ0n) is 10.8. The summed E-state index contributed by atoms with van der Waals surface area (Å²) in [7, 11) is 0. The van der Waals surface area contributed by atoms with Crippen molar-refractivity contribution in [2.45, 2.75) is 38.2 Å². The van der Waals surface area contributed by atoms with Crippen molar-refractivity contribution in [2.24, 2.45) is 0 Å². The van der Waals surface area contributed by atoms with Gasteiger partial charge in [-0.15, -0.1) is 0 Å². The van der Waals surface area contributed by atoms with Gasteiger partial charge in [-0.05, 0) is 19.9 Å². The smallest absolute Gasteiger partial charge is 0.0781 e. The number of hydrogen-bond donors (Lipinski definition) is 1. The Hall–Kier alpha value is -0.670. The summed E-state index contributed by atoms with van der Waals surface area (Å²) in [5.41, 5.74) is 2.24. The summed E-state index contributed by atoms with van der Waals surface area (Å²) < 4.78 is 0. The van der Waals surface area contributed by atoms with Crippen molar-refractivity contribution >= 4 is 17.4 Å². The normalized spacial score (nSPS) is 26.9. The van der Waals surface area contributed by atoms with Crippen molar-refractivity contribution in [3.05, 3.63) is 29.8 Å². The second-order valence-electron chi connectivity index (χ2n) is 4.74. The Morgan fingerprint density at radius 2 is 2.06 bits per heavy atom. The molecule has 2 unspecified atom stereocenters. The quantitative estimate of drug-likeness (QED) is 0.874. The minimum Gasteiger partial charge on any atom is -0.389 e. The zero-order chi connectivity index (χ0) is 12.4. The lowest BCUT2D eigenvalue weighted by atomic mass is 10.0. The average molecular weight is 251 g/mol. The third-order valence-corrected chi connectivity index (χ3v) is 4.92. The Balaban J connectivity index is 2.32. The van der Waals surface area contributed by atoms with Crippen molar-refractivity contribution in [1.29, 1.82) is 0 Å². The molecule has 0 bridgehead atoms. The van der Waals surface area contributed by atoms with E-state index < -0.39 is 6.10 Å². The third-order valence-electron chi connectivity index (χ3n) is 3.58. The highest BCUT2D eigenvalue weighted by molar-refractivity contribution is 8.00. The van der Waals surface area contributed by atoms with Gasteiger partial charge in [0.15, 0.2) is 0 Å². The first-order valence-corrected chi connectivity index (χ1v) is 7.31. The van der Waals surface area contributed by atoms with Crippen LogP contribution in [0.15, 0.2) is 24.3 Å². The van der Waals surface area contributed by atoms with Crippen LogP contribution in [-0.4, -0.2) is 28.7 Å². The molecule has 1 saturated heterocycles. The molecule has 0 saturated carbocycles. The Bertz CT molecular complexity index is 380. The summed E-state index contributed by atoms with van der Waals surface area (Å²) in [6.07, 6.45) is -0.400. The number of hydrogen-bond acceptors (Lipinski definition) is 3. The lowest BCUT2D eigenvalue weighted by Crippen LogP contribution is -2.45. The minimum atomic E-state index is -0.400. The molecule has 1 N–H and O–H groups in total. The first-order valence-electron chi connectivity index (χ1n) is 6.26. The van der Waals surface area contributed by atoms with Crippen LogP contribution < -0.4 is 4.90 Å². The average Bonchev–Trinajstić information content (AvgIpc) is 2.33. The fraction of sp³-hybridized carbons (Fsp3) is 0.571. The van der Waals surface area contributed by atoms with Crippen LogP contribution in [0.1, 0.15) is 32.4 Å². The molecule has 0 spiro atoms. The molecule has 0 amide bonds. The molecule has 1 aromatic carbocycles. The Morgan fingerprint density at radius 3 is 2.76 bits per heavy atom. The summed E-state index contributed by atoms with van der Waals surface area (Å²) in [4.78, 5) is 2.43. The fourth-order valence-corrected chi connectivity index (χ4v) is 3.47. The van der Waals surface area contributed by atoms with Crippen LogP contribution in [0.25, 0.3) is 0 Å². The third kappa shape index (κ3) is 2.61. The maximum absolute atomic E-state index is 9.86. The summed E-state index contributed by atoms with van der Waals surface area (Å²) in [5, 5.41) is 10.5. The van der Waals surface area contributed by atoms with Gasteiger partial charge < -0.3 is 10.0 Å². The highest BCUT2D eigenvalue weighted by Gasteiger charge is 2.27. The maximum Gasteiger partial charge on any atom is 0.0781 e. The summed E-state index contributed by atoms with van der Waals surface area (Å²) in [6.45, 7) is 7.47. The van der Waals surface area contributed by atoms with Gasteiger partial charge in [0, 0.05) is 34.8 Å². The van der Waals surface area contributed by atoms with Crippen molar-refractivity contribution in [3.63, 3.8) is 0 Å². The molecule has 0 aromatic heterocycles. The van der Waals surface area contributed by atoms with Gasteiger partial charge in [-0.25, -0.2) is 0 Å². The molecule has 1 aliphatic rings. The summed E-state index contributed by atoms with van der Waals surface area (Å²) >= 11 is 2.03. The van der Waals surface area contributed by atoms with E-state index in [4.69, 9.17) is 0 Å². The first kappa shape index (κ1) is 12.8. The lowest BCUT2D eigenvalue weighted by molar-refractivity contribution is 0.199. The van der Waals surface area contributed by atoms with E-state index in [9.17, 15) is 5.11 Å². The van der Waals surface area contributed by atoms with Gasteiger partial charge in [-0.1, -0.05) is 25.1 Å². The monoisotopic (exact) mass is 251 g/mol. The molecular formula is C14H21NOS. The number of rotatable bonds is 2. The molecule has 2 nitrogen and oxygen atoms in total. The van der Waals surface area contributed by atoms with Gasteiger partial charge in [0.2, 0.25) is 0 Å². The first-order chi connectivity index (χ1) is 8.11. The maximum atomic E-state index is 9.86. The molecule has 1 aliphatic heterocycles. The van der Waals surface area contributed by atoms with Gasteiger partial charge in [0.05, 0.1) is 6.10 Å². The van der Waals surface area contributed by atoms with Crippen LogP contribution >= 0.6 is 11.8 Å². The number of anilines is 1. The molecular weight excluding hydrogens is 230 g/mol. The molecule has 94 valence electrons. The highest BCUT2D eigenvalue weighted by Crippen LogP contribution is 2.33. The molecule has 3 atom stereocenters. The molecule has 1 aromatic rings. The van der Waals surface area contributed by atoms with E-state index in [0.29, 0.717) is 11.3 Å². The van der Waals surface area contributed by atoms with E-state index in [1.807, 2.05) is 30.8 Å². The zero-order valence-corrected chi connectivity index (χ0v) is 11.6. The van der Waals surface area contributed by atoms with Crippen molar-refractivity contribution in [3.8, 4) is 0 Å². The van der Waals surface area contributed by atoms with E-state index in [1.165, 1.54) is 11.4 Å². The van der Waals surface area contributed by atoms with Gasteiger partial charge in [0.25, 0.3) is 0 Å². The highest BCUT2D eigenvalue weighted by atomic mass is 32.2. The van der Waals surface area contributed by atoms with E-state index in [-0.39, 0.29) is 0 Å². The lowest BCUT2D eigenvalue weighted by Gasteiger charge is -2.40. The van der Waals surface area contributed by atoms with Crippen LogP contribution in [0, 0.1) is 0 Å². The second kappa shape index (κ2) is 5.32. The van der Waals surface area contributed by atoms with E-state index in [1.54, 1.807) is 0 Å². The molecule has 2 rings (SSSR count). The molecule has 3 heteroatoms. The van der Waals surface area contributed by atoms with Gasteiger partial charge in [-0.2, -0.15) is 11.8 Å². The summed E-state index contributed by atoms with van der Waals surface area (Å²) in [5.74, 6) is 1.17. The number of aliphatic hydroxyl groups is 1. The van der Waals surface area contributed by atoms with Crippen LogP contribution in [0.5, 0.6) is 0 Å². The van der Waals surface area contributed by atoms with E-state index in [2.05, 4.69) is 30.9 Å². The predicted octanol–water partition coefficient (Wildman–Crippen LogP) is 3.07. The number of thioether (sulfide) groups is 1. The van der Waals surface area contributed by atoms with Gasteiger partial charge >= 0.3 is 0 Å². The Labute approximate surface area is 108 Å². The van der Waals surface area contributed by atoms with Crippen LogP contribution in [0.2, 0.25) is 0 Å². The van der Waals surface area contributed by atoms with Crippen LogP contribution in [0.4, 0.5) is 5.69 Å². The van der Waals surface area contributed by atoms with Crippen molar-refractivity contribution in [2.75, 3.05) is 17.2 Å². The summed E-state index contributed by atoms with van der Waals surface area (Å²) in [6, 6.07) is 8.73. The van der Waals surface area contributed by atoms with Crippen molar-refractivity contribution in [1.82, 2.24) is 0 Å². The van der Waals surface area contributed by atoms with Crippen LogP contribution in [0.3, 0.4) is 0 Å².